The van der Waals surface area contributed by atoms with Crippen LogP contribution in [0.15, 0.2) is 60.7 Å². The molecule has 348 valence electrons. The largest absolute Gasteiger partial charge is 0.497 e. The Labute approximate surface area is 385 Å². The van der Waals surface area contributed by atoms with E-state index in [2.05, 4.69) is 16.0 Å². The first-order valence-electron chi connectivity index (χ1n) is 21.6. The quantitative estimate of drug-likeness (QED) is 0.110. The highest BCUT2D eigenvalue weighted by atomic mass is 35.5. The van der Waals surface area contributed by atoms with Gasteiger partial charge in [0.1, 0.15) is 46.3 Å². The number of aromatic nitrogens is 3. The third-order valence-electron chi connectivity index (χ3n) is 12.2. The first-order chi connectivity index (χ1) is 31.4. The molecule has 5 heterocycles. The van der Waals surface area contributed by atoms with E-state index in [4.69, 9.17) is 40.3 Å². The van der Waals surface area contributed by atoms with Crippen LogP contribution in [0.25, 0.3) is 22.2 Å². The molecule has 3 fully saturated rings. The van der Waals surface area contributed by atoms with Gasteiger partial charge in [-0.25, -0.2) is 14.2 Å². The fraction of sp³-hybridized carbons (Fsp3) is 0.438. The number of alkyl halides is 3. The number of nitrogens with zero attached hydrogens (tertiary/aromatic N) is 7. The van der Waals surface area contributed by atoms with E-state index in [1.54, 1.807) is 69.1 Å². The van der Waals surface area contributed by atoms with E-state index in [-0.39, 0.29) is 90.6 Å². The Hall–Kier alpha value is -6.12. The average Bonchev–Trinajstić information content (AvgIpc) is 3.86. The first-order valence-corrected chi connectivity index (χ1v) is 21.9. The highest BCUT2D eigenvalue weighted by molar-refractivity contribution is 6.34. The maximum absolute atomic E-state index is 17.8. The molecule has 3 atom stereocenters. The van der Waals surface area contributed by atoms with E-state index < -0.39 is 45.9 Å². The van der Waals surface area contributed by atoms with Gasteiger partial charge in [0.25, 0.3) is 0 Å². The number of amides is 1. The van der Waals surface area contributed by atoms with Gasteiger partial charge < -0.3 is 33.5 Å². The topological polar surface area (TPSA) is 135 Å². The molecule has 0 radical (unpaired) electrons. The standard InChI is InChI=1S/C48H50ClF4N7O6/c1-28-19-37(58(21-29-7-13-33(62-5)14-8-29)22-30-9-15-34(63-6)16-10-30)55-42(39(28)48(51,52)53)38-36(49)20-35-41(40(38)50)56-44(65-27-47(25-54)17-18-64-26-47)57-43(35)59-23-31-11-12-32(24-59)60(31)45(61)66-46(2,3)4/h7-10,13-16,19-20,31-32H,11-12,17-18,21-24,26-27H2,1-6H3. The summed E-state index contributed by atoms with van der Waals surface area (Å²) < 4.78 is 91.7. The lowest BCUT2D eigenvalue weighted by Crippen LogP contribution is -2.57. The van der Waals surface area contributed by atoms with Crippen LogP contribution in [0.2, 0.25) is 5.02 Å². The average molecular weight is 932 g/mol. The zero-order valence-electron chi connectivity index (χ0n) is 37.5. The van der Waals surface area contributed by atoms with Crippen LogP contribution >= 0.6 is 11.6 Å². The number of nitriles is 1. The number of ether oxygens (including phenoxy) is 5. The molecule has 3 aliphatic heterocycles. The zero-order valence-corrected chi connectivity index (χ0v) is 38.2. The molecular formula is C48H50ClF4N7O6. The Morgan fingerprint density at radius 2 is 1.56 bits per heavy atom. The van der Waals surface area contributed by atoms with Crippen molar-refractivity contribution in [3.05, 3.63) is 93.8 Å². The monoisotopic (exact) mass is 931 g/mol. The summed E-state index contributed by atoms with van der Waals surface area (Å²) in [6.45, 7) is 7.91. The predicted molar refractivity (Wildman–Crippen MR) is 239 cm³/mol. The molecule has 0 spiro atoms. The number of rotatable bonds is 12. The number of benzene rings is 3. The molecule has 66 heavy (non-hydrogen) atoms. The van der Waals surface area contributed by atoms with Crippen LogP contribution in [0.4, 0.5) is 34.0 Å². The minimum absolute atomic E-state index is 0.101. The van der Waals surface area contributed by atoms with Crippen LogP contribution in [0.3, 0.4) is 0 Å². The predicted octanol–water partition coefficient (Wildman–Crippen LogP) is 9.93. The lowest BCUT2D eigenvalue weighted by atomic mass is 9.91. The van der Waals surface area contributed by atoms with Gasteiger partial charge in [-0.2, -0.15) is 28.4 Å². The van der Waals surface area contributed by atoms with E-state index in [1.807, 2.05) is 29.2 Å². The second-order valence-electron chi connectivity index (χ2n) is 18.0. The third kappa shape index (κ3) is 9.57. The Balaban J connectivity index is 1.26. The number of carbonyl (C=O) groups excluding carboxylic acids is 1. The summed E-state index contributed by atoms with van der Waals surface area (Å²) >= 11 is 6.99. The molecule has 3 unspecified atom stereocenters. The maximum atomic E-state index is 17.8. The highest BCUT2D eigenvalue weighted by Gasteiger charge is 2.46. The Morgan fingerprint density at radius 1 is 0.955 bits per heavy atom. The van der Waals surface area contributed by atoms with E-state index in [0.29, 0.717) is 37.4 Å². The molecule has 1 amide bonds. The van der Waals surface area contributed by atoms with Crippen molar-refractivity contribution in [2.24, 2.45) is 5.41 Å². The molecule has 3 aliphatic rings. The second kappa shape index (κ2) is 18.3. The molecule has 8 rings (SSSR count). The lowest BCUT2D eigenvalue weighted by molar-refractivity contribution is -0.137. The minimum atomic E-state index is -4.99. The van der Waals surface area contributed by atoms with Crippen molar-refractivity contribution in [1.82, 2.24) is 19.9 Å². The molecule has 5 aromatic rings. The first kappa shape index (κ1) is 46.4. The summed E-state index contributed by atoms with van der Waals surface area (Å²) in [4.78, 5) is 32.6. The molecule has 3 aromatic carbocycles. The van der Waals surface area contributed by atoms with Crippen LogP contribution < -0.4 is 24.0 Å². The number of piperazine rings is 1. The van der Waals surface area contributed by atoms with Crippen LogP contribution in [-0.2, 0) is 28.7 Å². The van der Waals surface area contributed by atoms with E-state index in [1.165, 1.54) is 19.1 Å². The van der Waals surface area contributed by atoms with Crippen molar-refractivity contribution in [3.8, 4) is 34.8 Å². The Bertz CT molecular complexity index is 2590. The normalized spacial score (nSPS) is 19.5. The second-order valence-corrected chi connectivity index (χ2v) is 18.4. The fourth-order valence-electron chi connectivity index (χ4n) is 8.89. The van der Waals surface area contributed by atoms with Gasteiger partial charge in [-0.05, 0) is 100 Å². The summed E-state index contributed by atoms with van der Waals surface area (Å²) in [6.07, 6.45) is -3.70. The summed E-state index contributed by atoms with van der Waals surface area (Å²) in [5.41, 5.74) is -3.21. The van der Waals surface area contributed by atoms with Crippen molar-refractivity contribution >= 4 is 40.2 Å². The Kier molecular flexibility index (Phi) is 12.9. The van der Waals surface area contributed by atoms with Gasteiger partial charge in [0, 0.05) is 38.2 Å². The number of carbonyl (C=O) groups is 1. The van der Waals surface area contributed by atoms with Crippen molar-refractivity contribution < 1.29 is 46.0 Å². The zero-order chi connectivity index (χ0) is 47.1. The van der Waals surface area contributed by atoms with E-state index >= 15 is 17.6 Å². The van der Waals surface area contributed by atoms with Crippen LogP contribution in [0, 0.1) is 29.5 Å². The van der Waals surface area contributed by atoms with Gasteiger partial charge in [-0.3, -0.25) is 4.90 Å². The summed E-state index contributed by atoms with van der Waals surface area (Å²) in [5, 5.41) is 9.82. The molecule has 0 N–H and O–H groups in total. The SMILES string of the molecule is COc1ccc(CN(Cc2ccc(OC)cc2)c2cc(C)c(C(F)(F)F)c(-c3c(Cl)cc4c(N5CC6CCC(C5)N6C(=O)OC(C)(C)C)nc(OCC5(C#N)CCOC5)nc4c3F)n2)cc1. The number of aryl methyl sites for hydroxylation is 1. The van der Waals surface area contributed by atoms with Gasteiger partial charge in [-0.15, -0.1) is 0 Å². The molecule has 0 aliphatic carbocycles. The van der Waals surface area contributed by atoms with E-state index in [9.17, 15) is 10.1 Å². The number of hydrogen-bond acceptors (Lipinski definition) is 12. The Morgan fingerprint density at radius 3 is 2.08 bits per heavy atom. The molecule has 0 saturated carbocycles. The van der Waals surface area contributed by atoms with Crippen molar-refractivity contribution in [2.45, 2.75) is 83.9 Å². The highest BCUT2D eigenvalue weighted by Crippen LogP contribution is 2.46. The number of anilines is 2. The molecule has 3 saturated heterocycles. The molecular weight excluding hydrogens is 882 g/mol. The number of pyridine rings is 1. The summed E-state index contributed by atoms with van der Waals surface area (Å²) in [5.74, 6) is 0.410. The minimum Gasteiger partial charge on any atom is -0.497 e. The molecule has 13 nitrogen and oxygen atoms in total. The van der Waals surface area contributed by atoms with Gasteiger partial charge in [-0.1, -0.05) is 35.9 Å². The van der Waals surface area contributed by atoms with Gasteiger partial charge >= 0.3 is 18.3 Å². The lowest BCUT2D eigenvalue weighted by Gasteiger charge is -2.42. The maximum Gasteiger partial charge on any atom is 0.418 e. The van der Waals surface area contributed by atoms with Crippen LogP contribution in [0.5, 0.6) is 17.5 Å². The molecule has 2 aromatic heterocycles. The van der Waals surface area contributed by atoms with E-state index in [0.717, 1.165) is 11.1 Å². The summed E-state index contributed by atoms with van der Waals surface area (Å²) in [7, 11) is 3.10. The molecule has 18 heteroatoms. The number of methoxy groups -OCH3 is 2. The van der Waals surface area contributed by atoms with Crippen molar-refractivity contribution in [1.29, 1.82) is 5.26 Å². The number of hydrogen-bond donors (Lipinski definition) is 0. The van der Waals surface area contributed by atoms with Crippen LogP contribution in [0.1, 0.15) is 62.3 Å². The molecule has 2 bridgehead atoms. The van der Waals surface area contributed by atoms with Gasteiger partial charge in [0.2, 0.25) is 0 Å². The third-order valence-corrected chi connectivity index (χ3v) is 12.5. The smallest absolute Gasteiger partial charge is 0.418 e. The number of halogens is 5. The summed E-state index contributed by atoms with van der Waals surface area (Å²) in [6, 6.07) is 18.6. The van der Waals surface area contributed by atoms with Gasteiger partial charge in [0.05, 0.1) is 60.8 Å². The van der Waals surface area contributed by atoms with Gasteiger partial charge in [0.15, 0.2) is 5.82 Å². The van der Waals surface area contributed by atoms with Crippen molar-refractivity contribution in [2.75, 3.05) is 56.9 Å². The van der Waals surface area contributed by atoms with Crippen LogP contribution in [-0.4, -0.2) is 90.8 Å². The van der Waals surface area contributed by atoms with Crippen molar-refractivity contribution in [3.63, 3.8) is 0 Å². The fourth-order valence-corrected chi connectivity index (χ4v) is 9.17. The number of fused-ring (bicyclic) bond motifs is 3.